The SMILES string of the molecule is Clc1ccc(C2=Nn3c(nnc3-c3ccccc3)SC2)cc1Cl. The fourth-order valence-corrected chi connectivity index (χ4v) is 3.45. The van der Waals surface area contributed by atoms with Gasteiger partial charge in [0.15, 0.2) is 5.82 Å². The van der Waals surface area contributed by atoms with Gasteiger partial charge in [-0.2, -0.15) is 9.78 Å². The van der Waals surface area contributed by atoms with Gasteiger partial charge in [0.25, 0.3) is 0 Å². The Morgan fingerprint density at radius 2 is 1.74 bits per heavy atom. The van der Waals surface area contributed by atoms with Crippen molar-refractivity contribution in [3.05, 3.63) is 64.1 Å². The van der Waals surface area contributed by atoms with Crippen LogP contribution in [0.15, 0.2) is 58.8 Å². The molecule has 0 aliphatic carbocycles. The first kappa shape index (κ1) is 14.8. The molecule has 0 saturated heterocycles. The average molecular weight is 361 g/mol. The van der Waals surface area contributed by atoms with Gasteiger partial charge in [-0.15, -0.1) is 10.2 Å². The van der Waals surface area contributed by atoms with E-state index in [-0.39, 0.29) is 0 Å². The molecule has 0 N–H and O–H groups in total. The predicted molar refractivity (Wildman–Crippen MR) is 94.6 cm³/mol. The Hall–Kier alpha value is -1.82. The molecule has 2 aromatic carbocycles. The first-order valence-electron chi connectivity index (χ1n) is 6.89. The first-order valence-corrected chi connectivity index (χ1v) is 8.63. The lowest BCUT2D eigenvalue weighted by molar-refractivity contribution is 0.762. The molecular formula is C16H10Cl2N4S. The van der Waals surface area contributed by atoms with E-state index in [0.717, 1.165) is 27.8 Å². The Kier molecular flexibility index (Phi) is 3.85. The van der Waals surface area contributed by atoms with Crippen LogP contribution in [0.5, 0.6) is 0 Å². The van der Waals surface area contributed by atoms with Crippen LogP contribution < -0.4 is 0 Å². The topological polar surface area (TPSA) is 43.1 Å². The van der Waals surface area contributed by atoms with Crippen LogP contribution in [-0.2, 0) is 0 Å². The second-order valence-electron chi connectivity index (χ2n) is 4.95. The highest BCUT2D eigenvalue weighted by Crippen LogP contribution is 2.30. The lowest BCUT2D eigenvalue weighted by atomic mass is 10.1. The summed E-state index contributed by atoms with van der Waals surface area (Å²) in [5.41, 5.74) is 2.84. The molecule has 0 atom stereocenters. The maximum absolute atomic E-state index is 6.11. The van der Waals surface area contributed by atoms with E-state index >= 15 is 0 Å². The highest BCUT2D eigenvalue weighted by molar-refractivity contribution is 7.99. The van der Waals surface area contributed by atoms with E-state index in [1.54, 1.807) is 22.5 Å². The third-order valence-corrected chi connectivity index (χ3v) is 5.13. The van der Waals surface area contributed by atoms with Crippen LogP contribution in [0.4, 0.5) is 0 Å². The van der Waals surface area contributed by atoms with Crippen LogP contribution in [0.25, 0.3) is 11.4 Å². The maximum Gasteiger partial charge on any atom is 0.212 e. The van der Waals surface area contributed by atoms with E-state index in [9.17, 15) is 0 Å². The summed E-state index contributed by atoms with van der Waals surface area (Å²) in [6.45, 7) is 0. The molecule has 114 valence electrons. The summed E-state index contributed by atoms with van der Waals surface area (Å²) < 4.78 is 1.78. The first-order chi connectivity index (χ1) is 11.2. The van der Waals surface area contributed by atoms with Crippen molar-refractivity contribution in [3.63, 3.8) is 0 Å². The second-order valence-corrected chi connectivity index (χ2v) is 6.71. The summed E-state index contributed by atoms with van der Waals surface area (Å²) in [6.07, 6.45) is 0. The number of hydrogen-bond donors (Lipinski definition) is 0. The zero-order valence-corrected chi connectivity index (χ0v) is 14.1. The summed E-state index contributed by atoms with van der Waals surface area (Å²) in [6, 6.07) is 15.4. The Balaban J connectivity index is 1.80. The van der Waals surface area contributed by atoms with Crippen molar-refractivity contribution >= 4 is 40.7 Å². The summed E-state index contributed by atoms with van der Waals surface area (Å²) in [5.74, 6) is 1.44. The smallest absolute Gasteiger partial charge is 0.187 e. The molecule has 4 rings (SSSR count). The molecule has 23 heavy (non-hydrogen) atoms. The molecular weight excluding hydrogens is 351 g/mol. The molecule has 0 saturated carbocycles. The zero-order chi connectivity index (χ0) is 15.8. The zero-order valence-electron chi connectivity index (χ0n) is 11.8. The van der Waals surface area contributed by atoms with Gasteiger partial charge in [-0.3, -0.25) is 0 Å². The van der Waals surface area contributed by atoms with E-state index in [4.69, 9.17) is 28.3 Å². The van der Waals surface area contributed by atoms with Crippen molar-refractivity contribution in [2.24, 2.45) is 5.10 Å². The quantitative estimate of drug-likeness (QED) is 0.670. The summed E-state index contributed by atoms with van der Waals surface area (Å²) in [5, 5.41) is 15.0. The standard InChI is InChI=1S/C16H10Cl2N4S/c17-12-7-6-11(8-13(12)18)14-9-23-16-20-19-15(22(16)21-14)10-4-2-1-3-5-10/h1-8H,9H2. The normalized spacial score (nSPS) is 13.6. The van der Waals surface area contributed by atoms with Crippen molar-refractivity contribution in [2.75, 3.05) is 5.75 Å². The minimum absolute atomic E-state index is 0.523. The molecule has 0 unspecified atom stereocenters. The number of aromatic nitrogens is 3. The minimum Gasteiger partial charge on any atom is -0.187 e. The Labute approximate surface area is 147 Å². The molecule has 3 aromatic rings. The van der Waals surface area contributed by atoms with E-state index in [1.807, 2.05) is 42.5 Å². The molecule has 0 spiro atoms. The third-order valence-electron chi connectivity index (χ3n) is 3.46. The molecule has 0 radical (unpaired) electrons. The third kappa shape index (κ3) is 2.76. The molecule has 1 aromatic heterocycles. The van der Waals surface area contributed by atoms with Crippen LogP contribution in [0.1, 0.15) is 5.56 Å². The van der Waals surface area contributed by atoms with Gasteiger partial charge in [0.1, 0.15) is 0 Å². The van der Waals surface area contributed by atoms with Crippen molar-refractivity contribution in [1.82, 2.24) is 14.9 Å². The highest BCUT2D eigenvalue weighted by atomic mass is 35.5. The van der Waals surface area contributed by atoms with E-state index < -0.39 is 0 Å². The maximum atomic E-state index is 6.11. The van der Waals surface area contributed by atoms with E-state index in [1.165, 1.54) is 0 Å². The largest absolute Gasteiger partial charge is 0.212 e. The highest BCUT2D eigenvalue weighted by Gasteiger charge is 2.20. The van der Waals surface area contributed by atoms with Gasteiger partial charge in [-0.05, 0) is 12.1 Å². The summed E-state index contributed by atoms with van der Waals surface area (Å²) >= 11 is 13.7. The predicted octanol–water partition coefficient (Wildman–Crippen LogP) is 4.61. The molecule has 0 bridgehead atoms. The number of hydrogen-bond acceptors (Lipinski definition) is 4. The fraction of sp³-hybridized carbons (Fsp3) is 0.0625. The molecule has 0 fully saturated rings. The minimum atomic E-state index is 0.523. The lowest BCUT2D eigenvalue weighted by Crippen LogP contribution is -2.13. The van der Waals surface area contributed by atoms with Crippen LogP contribution in [0.2, 0.25) is 10.0 Å². The van der Waals surface area contributed by atoms with Gasteiger partial charge >= 0.3 is 0 Å². The second kappa shape index (κ2) is 6.00. The number of fused-ring (bicyclic) bond motifs is 1. The van der Waals surface area contributed by atoms with E-state index in [2.05, 4.69) is 10.2 Å². The van der Waals surface area contributed by atoms with Crippen LogP contribution in [0.3, 0.4) is 0 Å². The average Bonchev–Trinajstić information content (AvgIpc) is 3.01. The van der Waals surface area contributed by atoms with Crippen LogP contribution >= 0.6 is 35.0 Å². The monoisotopic (exact) mass is 360 g/mol. The summed E-state index contributed by atoms with van der Waals surface area (Å²) in [7, 11) is 0. The van der Waals surface area contributed by atoms with Crippen molar-refractivity contribution in [3.8, 4) is 11.4 Å². The molecule has 7 heteroatoms. The van der Waals surface area contributed by atoms with Gasteiger partial charge in [0.05, 0.1) is 15.8 Å². The Morgan fingerprint density at radius 3 is 2.52 bits per heavy atom. The van der Waals surface area contributed by atoms with Gasteiger partial charge < -0.3 is 0 Å². The van der Waals surface area contributed by atoms with Gasteiger partial charge in [0.2, 0.25) is 5.16 Å². The van der Waals surface area contributed by atoms with E-state index in [0.29, 0.717) is 15.8 Å². The van der Waals surface area contributed by atoms with Crippen LogP contribution in [0, 0.1) is 0 Å². The van der Waals surface area contributed by atoms with Crippen molar-refractivity contribution in [2.45, 2.75) is 5.16 Å². The van der Waals surface area contributed by atoms with Gasteiger partial charge in [-0.25, -0.2) is 0 Å². The Morgan fingerprint density at radius 1 is 0.913 bits per heavy atom. The lowest BCUT2D eigenvalue weighted by Gasteiger charge is -2.14. The number of thioether (sulfide) groups is 1. The van der Waals surface area contributed by atoms with Crippen LogP contribution in [-0.4, -0.2) is 26.3 Å². The number of halogens is 2. The Bertz CT molecular complexity index is 906. The number of benzene rings is 2. The van der Waals surface area contributed by atoms with Gasteiger partial charge in [0, 0.05) is 16.9 Å². The molecule has 2 heterocycles. The van der Waals surface area contributed by atoms with Crippen molar-refractivity contribution in [1.29, 1.82) is 0 Å². The molecule has 4 nitrogen and oxygen atoms in total. The molecule has 1 aliphatic heterocycles. The molecule has 1 aliphatic rings. The number of nitrogens with zero attached hydrogens (tertiary/aromatic N) is 4. The van der Waals surface area contributed by atoms with Gasteiger partial charge in [-0.1, -0.05) is 71.4 Å². The molecule has 0 amide bonds. The summed E-state index contributed by atoms with van der Waals surface area (Å²) in [4.78, 5) is 0. The fourth-order valence-electron chi connectivity index (χ4n) is 2.31. The number of rotatable bonds is 2. The van der Waals surface area contributed by atoms with Crippen molar-refractivity contribution < 1.29 is 0 Å².